The van der Waals surface area contributed by atoms with E-state index in [1.54, 1.807) is 5.06 Å². The van der Waals surface area contributed by atoms with Crippen molar-refractivity contribution in [2.45, 2.75) is 88.3 Å². The molecular weight excluding hydrogens is 420 g/mol. The topological polar surface area (TPSA) is 97.7 Å². The summed E-state index contributed by atoms with van der Waals surface area (Å²) in [7, 11) is 0. The van der Waals surface area contributed by atoms with Gasteiger partial charge < -0.3 is 20.4 Å². The van der Waals surface area contributed by atoms with Gasteiger partial charge in [-0.05, 0) is 76.8 Å². The third kappa shape index (κ3) is 5.87. The molecule has 32 heavy (non-hydrogen) atoms. The maximum atomic E-state index is 13.6. The predicted octanol–water partition coefficient (Wildman–Crippen LogP) is 2.55. The molecule has 4 rings (SSSR count). The third-order valence-electron chi connectivity index (χ3n) is 7.41. The summed E-state index contributed by atoms with van der Waals surface area (Å²) in [6.45, 7) is 4.15. The van der Waals surface area contributed by atoms with Gasteiger partial charge in [-0.15, -0.1) is 5.06 Å². The lowest BCUT2D eigenvalue weighted by Gasteiger charge is -2.46. The molecule has 10 heteroatoms. The Labute approximate surface area is 187 Å². The third-order valence-corrected chi connectivity index (χ3v) is 7.41. The highest BCUT2D eigenvalue weighted by molar-refractivity contribution is 5.86. The van der Waals surface area contributed by atoms with Gasteiger partial charge in [-0.1, -0.05) is 0 Å². The molecule has 0 aromatic carbocycles. The Morgan fingerprint density at radius 2 is 1.72 bits per heavy atom. The molecule has 2 aliphatic carbocycles. The van der Waals surface area contributed by atoms with E-state index in [4.69, 9.17) is 10.1 Å². The van der Waals surface area contributed by atoms with Gasteiger partial charge in [0.05, 0.1) is 6.07 Å². The maximum absolute atomic E-state index is 13.6. The standard InChI is InChI=1S/C22H33F2N5O3/c1-20(23,24)14-17(18(30)27-22(15-25)4-5-22)26-19(31)32-29-12-8-21(9-13-29)6-10-28(11-7-21)16-2-3-16/h16-17H,2-14H2,1H3,(H,26,31)(H,27,30)/t17-/m0/s1. The number of carbonyl (C=O) groups excluding carboxylic acids is 2. The van der Waals surface area contributed by atoms with E-state index in [1.807, 2.05) is 6.07 Å². The van der Waals surface area contributed by atoms with Crippen LogP contribution in [0.1, 0.15) is 64.7 Å². The second-order valence-corrected chi connectivity index (χ2v) is 10.2. The molecule has 1 spiro atoms. The van der Waals surface area contributed by atoms with Crippen molar-refractivity contribution in [3.8, 4) is 6.07 Å². The fourth-order valence-corrected chi connectivity index (χ4v) is 4.92. The van der Waals surface area contributed by atoms with Crippen LogP contribution in [0.2, 0.25) is 0 Å². The number of hydroxylamine groups is 2. The molecule has 0 aromatic heterocycles. The summed E-state index contributed by atoms with van der Waals surface area (Å²) in [5.41, 5.74) is -0.704. The number of carbonyl (C=O) groups is 2. The van der Waals surface area contributed by atoms with E-state index in [-0.39, 0.29) is 0 Å². The van der Waals surface area contributed by atoms with Crippen LogP contribution in [0.15, 0.2) is 0 Å². The Bertz CT molecular complexity index is 755. The first-order valence-electron chi connectivity index (χ1n) is 11.7. The highest BCUT2D eigenvalue weighted by atomic mass is 19.3. The molecule has 1 atom stereocenters. The first-order chi connectivity index (χ1) is 15.1. The normalized spacial score (nSPS) is 26.1. The van der Waals surface area contributed by atoms with Crippen LogP contribution in [0.4, 0.5) is 13.6 Å². The van der Waals surface area contributed by atoms with Crippen molar-refractivity contribution in [1.82, 2.24) is 20.6 Å². The first-order valence-corrected chi connectivity index (χ1v) is 11.7. The molecule has 0 bridgehead atoms. The molecule has 4 fully saturated rings. The van der Waals surface area contributed by atoms with Crippen LogP contribution in [0, 0.1) is 16.7 Å². The summed E-state index contributed by atoms with van der Waals surface area (Å²) in [5, 5.41) is 15.5. The molecular formula is C22H33F2N5O3. The molecule has 2 heterocycles. The van der Waals surface area contributed by atoms with Crippen molar-refractivity contribution in [3.63, 3.8) is 0 Å². The Hall–Kier alpha value is -1.99. The van der Waals surface area contributed by atoms with Gasteiger partial charge >= 0.3 is 6.09 Å². The predicted molar refractivity (Wildman–Crippen MR) is 111 cm³/mol. The van der Waals surface area contributed by atoms with Crippen molar-refractivity contribution in [2.24, 2.45) is 5.41 Å². The lowest BCUT2D eigenvalue weighted by Crippen LogP contribution is -2.53. The summed E-state index contributed by atoms with van der Waals surface area (Å²) in [6, 6.07) is 1.30. The smallest absolute Gasteiger partial charge is 0.351 e. The lowest BCUT2D eigenvalue weighted by atomic mass is 9.71. The Morgan fingerprint density at radius 1 is 1.12 bits per heavy atom. The number of amides is 2. The fourth-order valence-electron chi connectivity index (χ4n) is 4.92. The van der Waals surface area contributed by atoms with Gasteiger partial charge in [0.15, 0.2) is 0 Å². The van der Waals surface area contributed by atoms with Gasteiger partial charge in [-0.3, -0.25) is 4.79 Å². The summed E-state index contributed by atoms with van der Waals surface area (Å²) in [4.78, 5) is 32.8. The maximum Gasteiger partial charge on any atom is 0.426 e. The van der Waals surface area contributed by atoms with Crippen LogP contribution < -0.4 is 10.6 Å². The minimum Gasteiger partial charge on any atom is -0.351 e. The van der Waals surface area contributed by atoms with Crippen molar-refractivity contribution in [1.29, 1.82) is 5.26 Å². The second kappa shape index (κ2) is 8.75. The number of nitrogens with zero attached hydrogens (tertiary/aromatic N) is 3. The second-order valence-electron chi connectivity index (χ2n) is 10.2. The summed E-state index contributed by atoms with van der Waals surface area (Å²) >= 11 is 0. The van der Waals surface area contributed by atoms with E-state index in [0.717, 1.165) is 44.8 Å². The molecule has 2 saturated heterocycles. The highest BCUT2D eigenvalue weighted by Crippen LogP contribution is 2.43. The molecule has 2 saturated carbocycles. The minimum absolute atomic E-state index is 0.296. The summed E-state index contributed by atoms with van der Waals surface area (Å²) in [5.74, 6) is -3.95. The monoisotopic (exact) mass is 453 g/mol. The zero-order chi connectivity index (χ0) is 23.0. The SMILES string of the molecule is CC(F)(F)C[C@H](NC(=O)ON1CCC2(CC1)CCN(C1CC1)CC2)C(=O)NC1(C#N)CC1. The number of hydrogen-bond acceptors (Lipinski definition) is 6. The van der Waals surface area contributed by atoms with Gasteiger partial charge in [-0.25, -0.2) is 13.6 Å². The van der Waals surface area contributed by atoms with Crippen LogP contribution >= 0.6 is 0 Å². The van der Waals surface area contributed by atoms with Gasteiger partial charge in [-0.2, -0.15) is 5.26 Å². The number of halogens is 2. The van der Waals surface area contributed by atoms with Crippen LogP contribution in [-0.2, 0) is 9.63 Å². The molecule has 0 aromatic rings. The molecule has 4 aliphatic rings. The largest absolute Gasteiger partial charge is 0.426 e. The molecule has 8 nitrogen and oxygen atoms in total. The van der Waals surface area contributed by atoms with Crippen molar-refractivity contribution in [3.05, 3.63) is 0 Å². The molecule has 178 valence electrons. The number of nitriles is 1. The van der Waals surface area contributed by atoms with Crippen LogP contribution in [0.5, 0.6) is 0 Å². The number of hydrogen-bond donors (Lipinski definition) is 2. The van der Waals surface area contributed by atoms with Gasteiger partial charge in [0.1, 0.15) is 11.6 Å². The van der Waals surface area contributed by atoms with Crippen molar-refractivity contribution < 1.29 is 23.2 Å². The molecule has 2 aliphatic heterocycles. The molecule has 0 radical (unpaired) electrons. The number of likely N-dealkylation sites (tertiary alicyclic amines) is 1. The zero-order valence-corrected chi connectivity index (χ0v) is 18.7. The average molecular weight is 454 g/mol. The first kappa shape index (κ1) is 23.2. The van der Waals surface area contributed by atoms with E-state index < -0.39 is 35.9 Å². The van der Waals surface area contributed by atoms with Gasteiger partial charge in [0, 0.05) is 25.6 Å². The van der Waals surface area contributed by atoms with E-state index in [0.29, 0.717) is 38.3 Å². The number of nitrogens with one attached hydrogen (secondary N) is 2. The van der Waals surface area contributed by atoms with Crippen LogP contribution in [0.25, 0.3) is 0 Å². The van der Waals surface area contributed by atoms with Crippen molar-refractivity contribution >= 4 is 12.0 Å². The zero-order valence-electron chi connectivity index (χ0n) is 18.7. The number of alkyl halides is 2. The van der Waals surface area contributed by atoms with Gasteiger partial charge in [0.2, 0.25) is 11.8 Å². The molecule has 0 unspecified atom stereocenters. The van der Waals surface area contributed by atoms with Crippen molar-refractivity contribution in [2.75, 3.05) is 26.2 Å². The molecule has 2 N–H and O–H groups in total. The number of rotatable bonds is 7. The van der Waals surface area contributed by atoms with Crippen LogP contribution in [-0.4, -0.2) is 71.7 Å². The Balaban J connectivity index is 1.25. The fraction of sp³-hybridized carbons (Fsp3) is 0.864. The Kier molecular flexibility index (Phi) is 6.34. The van der Waals surface area contributed by atoms with E-state index in [1.165, 1.54) is 12.8 Å². The van der Waals surface area contributed by atoms with E-state index in [9.17, 15) is 18.4 Å². The summed E-state index contributed by atoms with van der Waals surface area (Å²) in [6.07, 6.45) is 6.00. The van der Waals surface area contributed by atoms with Gasteiger partial charge in [0.25, 0.3) is 0 Å². The number of piperidine rings is 2. The average Bonchev–Trinajstić information content (AvgIpc) is 3.65. The minimum atomic E-state index is -3.16. The van der Waals surface area contributed by atoms with E-state index >= 15 is 0 Å². The quantitative estimate of drug-likeness (QED) is 0.615. The van der Waals surface area contributed by atoms with E-state index in [2.05, 4.69) is 15.5 Å². The lowest BCUT2D eigenvalue weighted by molar-refractivity contribution is -0.140. The Morgan fingerprint density at radius 3 is 2.22 bits per heavy atom. The van der Waals surface area contributed by atoms with Crippen LogP contribution in [0.3, 0.4) is 0 Å². The highest BCUT2D eigenvalue weighted by Gasteiger charge is 2.47. The molecule has 2 amide bonds. The summed E-state index contributed by atoms with van der Waals surface area (Å²) < 4.78 is 27.2.